The number of hydrogen-bond acceptors (Lipinski definition) is 4. The molecule has 7 nitrogen and oxygen atoms in total. The van der Waals surface area contributed by atoms with Gasteiger partial charge in [-0.3, -0.25) is 30.1 Å². The lowest BCUT2D eigenvalue weighted by molar-refractivity contribution is -0.127. The van der Waals surface area contributed by atoms with Gasteiger partial charge in [0.1, 0.15) is 0 Å². The molecule has 0 fully saturated rings. The maximum absolute atomic E-state index is 12.3. The molecule has 0 radical (unpaired) electrons. The van der Waals surface area contributed by atoms with Crippen molar-refractivity contribution >= 4 is 46.6 Å². The van der Waals surface area contributed by atoms with E-state index in [0.717, 1.165) is 5.56 Å². The molecule has 0 unspecified atom stereocenters. The highest BCUT2D eigenvalue weighted by molar-refractivity contribution is 6.42. The highest BCUT2D eigenvalue weighted by Crippen LogP contribution is 2.24. The number of hydrogen-bond donors (Lipinski definition) is 3. The number of anilines is 1. The van der Waals surface area contributed by atoms with Crippen molar-refractivity contribution in [2.45, 2.75) is 19.9 Å². The molecule has 0 aliphatic carbocycles. The second kappa shape index (κ2) is 10.2. The molecule has 3 amide bonds. The fourth-order valence-electron chi connectivity index (χ4n) is 2.42. The first-order valence-corrected chi connectivity index (χ1v) is 9.55. The monoisotopic (exact) mass is 436 g/mol. The summed E-state index contributed by atoms with van der Waals surface area (Å²) in [6, 6.07) is 11.1. The average molecular weight is 437 g/mol. The summed E-state index contributed by atoms with van der Waals surface area (Å²) in [5.41, 5.74) is 6.62. The molecule has 0 spiro atoms. The van der Waals surface area contributed by atoms with Gasteiger partial charge in [0.2, 0.25) is 5.91 Å². The normalized spacial score (nSPS) is 11.7. The van der Waals surface area contributed by atoms with Crippen LogP contribution < -0.4 is 16.2 Å². The van der Waals surface area contributed by atoms with Crippen molar-refractivity contribution in [3.63, 3.8) is 0 Å². The third-order valence-electron chi connectivity index (χ3n) is 4.22. The number of aryl methyl sites for hydroxylation is 1. The van der Waals surface area contributed by atoms with E-state index in [1.165, 1.54) is 0 Å². The summed E-state index contributed by atoms with van der Waals surface area (Å²) in [7, 11) is 1.63. The molecule has 0 aromatic heterocycles. The molecule has 154 valence electrons. The molecule has 2 aromatic carbocycles. The molecule has 0 bridgehead atoms. The minimum Gasteiger partial charge on any atom is -0.325 e. The molecule has 3 N–H and O–H groups in total. The van der Waals surface area contributed by atoms with Crippen LogP contribution in [0.2, 0.25) is 10.0 Å². The second-order valence-corrected chi connectivity index (χ2v) is 7.40. The number of likely N-dealkylation sites (N-methyl/N-ethyl adjacent to an activating group) is 1. The molecule has 9 heteroatoms. The molecule has 2 rings (SSSR count). The van der Waals surface area contributed by atoms with Gasteiger partial charge in [0.05, 0.1) is 22.6 Å². The highest BCUT2D eigenvalue weighted by Gasteiger charge is 2.21. The number of amides is 3. The van der Waals surface area contributed by atoms with Gasteiger partial charge in [-0.2, -0.15) is 0 Å². The zero-order valence-corrected chi connectivity index (χ0v) is 17.8. The van der Waals surface area contributed by atoms with Crippen LogP contribution >= 0.6 is 23.2 Å². The van der Waals surface area contributed by atoms with E-state index in [-0.39, 0.29) is 12.5 Å². The smallest absolute Gasteiger partial charge is 0.269 e. The summed E-state index contributed by atoms with van der Waals surface area (Å²) in [6.45, 7) is 3.46. The molecule has 0 saturated heterocycles. The van der Waals surface area contributed by atoms with Crippen molar-refractivity contribution in [1.29, 1.82) is 0 Å². The van der Waals surface area contributed by atoms with Crippen LogP contribution in [0.5, 0.6) is 0 Å². The third kappa shape index (κ3) is 6.74. The zero-order valence-electron chi connectivity index (χ0n) is 16.3. The lowest BCUT2D eigenvalue weighted by Crippen LogP contribution is -2.51. The minimum absolute atomic E-state index is 0.0410. The molecule has 0 heterocycles. The fraction of sp³-hybridized carbons (Fsp3) is 0.250. The first kappa shape index (κ1) is 22.7. The van der Waals surface area contributed by atoms with Gasteiger partial charge in [0, 0.05) is 11.3 Å². The maximum atomic E-state index is 12.3. The average Bonchev–Trinajstić information content (AvgIpc) is 2.67. The number of rotatable bonds is 6. The van der Waals surface area contributed by atoms with E-state index in [0.29, 0.717) is 21.3 Å². The number of nitrogens with zero attached hydrogens (tertiary/aromatic N) is 1. The Kier molecular flexibility index (Phi) is 8.01. The van der Waals surface area contributed by atoms with Gasteiger partial charge >= 0.3 is 0 Å². The van der Waals surface area contributed by atoms with Gasteiger partial charge in [-0.1, -0.05) is 40.9 Å². The number of carbonyl (C=O) groups is 3. The fourth-order valence-corrected chi connectivity index (χ4v) is 2.72. The van der Waals surface area contributed by atoms with Gasteiger partial charge in [-0.15, -0.1) is 0 Å². The molecule has 2 aromatic rings. The van der Waals surface area contributed by atoms with E-state index in [1.807, 2.05) is 13.0 Å². The first-order valence-electron chi connectivity index (χ1n) is 8.79. The van der Waals surface area contributed by atoms with Crippen LogP contribution in [-0.2, 0) is 9.59 Å². The number of nitrogens with one attached hydrogen (secondary N) is 3. The van der Waals surface area contributed by atoms with Crippen LogP contribution in [0.15, 0.2) is 42.5 Å². The SMILES string of the molecule is Cc1cccc(C(=O)NNC(=O)[C@H](C)N(C)CC(=O)Nc2ccc(Cl)c(Cl)c2)c1. The Morgan fingerprint density at radius 3 is 2.41 bits per heavy atom. The molecule has 0 saturated carbocycles. The lowest BCUT2D eigenvalue weighted by atomic mass is 10.1. The first-order chi connectivity index (χ1) is 13.7. The van der Waals surface area contributed by atoms with E-state index >= 15 is 0 Å². The number of hydrazine groups is 1. The topological polar surface area (TPSA) is 90.5 Å². The predicted octanol–water partition coefficient (Wildman–Crippen LogP) is 3.02. The number of carbonyl (C=O) groups excluding carboxylic acids is 3. The van der Waals surface area contributed by atoms with Crippen molar-refractivity contribution in [1.82, 2.24) is 15.8 Å². The van der Waals surface area contributed by atoms with Crippen LogP contribution in [0.4, 0.5) is 5.69 Å². The lowest BCUT2D eigenvalue weighted by Gasteiger charge is -2.23. The van der Waals surface area contributed by atoms with Gasteiger partial charge in [0.15, 0.2) is 0 Å². The quantitative estimate of drug-likeness (QED) is 0.606. The van der Waals surface area contributed by atoms with Crippen molar-refractivity contribution in [2.75, 3.05) is 18.9 Å². The summed E-state index contributed by atoms with van der Waals surface area (Å²) in [6.07, 6.45) is 0. The largest absolute Gasteiger partial charge is 0.325 e. The molecular formula is C20H22Cl2N4O3. The summed E-state index contributed by atoms with van der Waals surface area (Å²) in [5, 5.41) is 3.40. The Morgan fingerprint density at radius 2 is 1.76 bits per heavy atom. The van der Waals surface area contributed by atoms with E-state index < -0.39 is 17.9 Å². The van der Waals surface area contributed by atoms with E-state index in [2.05, 4.69) is 16.2 Å². The van der Waals surface area contributed by atoms with Crippen LogP contribution in [-0.4, -0.2) is 42.3 Å². The van der Waals surface area contributed by atoms with Gasteiger partial charge in [-0.25, -0.2) is 0 Å². The summed E-state index contributed by atoms with van der Waals surface area (Å²) in [5.74, 6) is -1.19. The summed E-state index contributed by atoms with van der Waals surface area (Å²) < 4.78 is 0. The third-order valence-corrected chi connectivity index (χ3v) is 4.96. The van der Waals surface area contributed by atoms with Crippen molar-refractivity contribution < 1.29 is 14.4 Å². The van der Waals surface area contributed by atoms with Gasteiger partial charge in [-0.05, 0) is 51.2 Å². The Balaban J connectivity index is 1.84. The van der Waals surface area contributed by atoms with Crippen molar-refractivity contribution in [3.05, 3.63) is 63.6 Å². The van der Waals surface area contributed by atoms with E-state index in [9.17, 15) is 14.4 Å². The Hall–Kier alpha value is -2.61. The van der Waals surface area contributed by atoms with Crippen molar-refractivity contribution in [3.8, 4) is 0 Å². The Labute approximate surface area is 179 Å². The van der Waals surface area contributed by atoms with E-state index in [1.54, 1.807) is 55.3 Å². The van der Waals surface area contributed by atoms with E-state index in [4.69, 9.17) is 23.2 Å². The zero-order chi connectivity index (χ0) is 21.6. The predicted molar refractivity (Wildman–Crippen MR) is 114 cm³/mol. The number of benzene rings is 2. The Bertz CT molecular complexity index is 920. The maximum Gasteiger partial charge on any atom is 0.269 e. The molecule has 1 atom stereocenters. The molecule has 0 aliphatic rings. The van der Waals surface area contributed by atoms with Crippen LogP contribution in [0, 0.1) is 6.92 Å². The summed E-state index contributed by atoms with van der Waals surface area (Å²) in [4.78, 5) is 38.1. The molecule has 29 heavy (non-hydrogen) atoms. The van der Waals surface area contributed by atoms with Crippen molar-refractivity contribution in [2.24, 2.45) is 0 Å². The Morgan fingerprint density at radius 1 is 1.03 bits per heavy atom. The minimum atomic E-state index is -0.660. The van der Waals surface area contributed by atoms with Gasteiger partial charge in [0.25, 0.3) is 11.8 Å². The van der Waals surface area contributed by atoms with Crippen LogP contribution in [0.3, 0.4) is 0 Å². The molecular weight excluding hydrogens is 415 g/mol. The number of halogens is 2. The van der Waals surface area contributed by atoms with Gasteiger partial charge < -0.3 is 5.32 Å². The standard InChI is InChI=1S/C20H22Cl2N4O3/c1-12-5-4-6-14(9-12)20(29)25-24-19(28)13(2)26(3)11-18(27)23-15-7-8-16(21)17(22)10-15/h4-10,13H,11H2,1-3H3,(H,23,27)(H,24,28)(H,25,29)/t13-/m0/s1. The van der Waals surface area contributed by atoms with Crippen LogP contribution in [0.25, 0.3) is 0 Å². The highest BCUT2D eigenvalue weighted by atomic mass is 35.5. The molecule has 0 aliphatic heterocycles. The second-order valence-electron chi connectivity index (χ2n) is 6.58. The summed E-state index contributed by atoms with van der Waals surface area (Å²) >= 11 is 11.8. The van der Waals surface area contributed by atoms with Crippen LogP contribution in [0.1, 0.15) is 22.8 Å².